The number of hydrogen-bond donors (Lipinski definition) is 1. The fourth-order valence-corrected chi connectivity index (χ4v) is 3.03. The normalized spacial score (nSPS) is 10.8. The van der Waals surface area contributed by atoms with Gasteiger partial charge >= 0.3 is 5.97 Å². The van der Waals surface area contributed by atoms with E-state index in [-0.39, 0.29) is 12.5 Å². The van der Waals surface area contributed by atoms with E-state index in [9.17, 15) is 9.59 Å². The van der Waals surface area contributed by atoms with Crippen molar-refractivity contribution in [2.45, 2.75) is 46.5 Å². The molecule has 0 aliphatic carbocycles. The number of carbonyl (C=O) groups is 2. The summed E-state index contributed by atoms with van der Waals surface area (Å²) in [6, 6.07) is 13.3. The van der Waals surface area contributed by atoms with Crippen molar-refractivity contribution in [3.63, 3.8) is 0 Å². The summed E-state index contributed by atoms with van der Waals surface area (Å²) < 4.78 is 22.2. The van der Waals surface area contributed by atoms with E-state index in [0.717, 1.165) is 29.7 Å². The summed E-state index contributed by atoms with van der Waals surface area (Å²) >= 11 is 0. The Balaban J connectivity index is 1.95. The van der Waals surface area contributed by atoms with Crippen molar-refractivity contribution < 1.29 is 28.5 Å². The molecule has 0 spiro atoms. The molecular weight excluding hydrogens is 446 g/mol. The van der Waals surface area contributed by atoms with Gasteiger partial charge in [0.1, 0.15) is 6.61 Å². The van der Waals surface area contributed by atoms with Gasteiger partial charge in [0.15, 0.2) is 11.5 Å². The number of esters is 1. The zero-order valence-corrected chi connectivity index (χ0v) is 21.0. The van der Waals surface area contributed by atoms with Crippen LogP contribution in [0.25, 0.3) is 6.08 Å². The first kappa shape index (κ1) is 27.9. The van der Waals surface area contributed by atoms with Crippen LogP contribution in [0.2, 0.25) is 0 Å². The molecule has 0 aliphatic heterocycles. The molecular formula is C28H37NO6. The third kappa shape index (κ3) is 11.1. The fraction of sp³-hybridized carbons (Fsp3) is 0.429. The Morgan fingerprint density at radius 3 is 2.37 bits per heavy atom. The largest absolute Gasteiger partial charge is 0.490 e. The van der Waals surface area contributed by atoms with Crippen molar-refractivity contribution in [2.24, 2.45) is 0 Å². The SMILES string of the molecule is CCCCOc1cc(/C=C\C(=O)OCCOCC)ccc1OCCc1ccc(NC(=O)CC)cc1. The molecule has 0 unspecified atom stereocenters. The van der Waals surface area contributed by atoms with E-state index in [1.165, 1.54) is 6.08 Å². The maximum atomic E-state index is 11.9. The molecule has 1 N–H and O–H groups in total. The van der Waals surface area contributed by atoms with Crippen molar-refractivity contribution in [1.29, 1.82) is 0 Å². The lowest BCUT2D eigenvalue weighted by Crippen LogP contribution is -2.09. The lowest BCUT2D eigenvalue weighted by Gasteiger charge is -2.14. The summed E-state index contributed by atoms with van der Waals surface area (Å²) in [6.07, 6.45) is 6.21. The molecule has 0 atom stereocenters. The minimum absolute atomic E-state index is 0.00607. The molecule has 0 heterocycles. The molecule has 0 saturated carbocycles. The van der Waals surface area contributed by atoms with Crippen LogP contribution in [0.1, 0.15) is 51.2 Å². The summed E-state index contributed by atoms with van der Waals surface area (Å²) in [5, 5.41) is 2.84. The van der Waals surface area contributed by atoms with Gasteiger partial charge < -0.3 is 24.3 Å². The van der Waals surface area contributed by atoms with Crippen molar-refractivity contribution in [2.75, 3.05) is 38.4 Å². The van der Waals surface area contributed by atoms with Gasteiger partial charge in [0, 0.05) is 31.2 Å². The van der Waals surface area contributed by atoms with E-state index in [0.29, 0.717) is 50.8 Å². The van der Waals surface area contributed by atoms with E-state index in [1.807, 2.05) is 56.3 Å². The molecule has 0 aliphatic rings. The van der Waals surface area contributed by atoms with Gasteiger partial charge in [-0.05, 0) is 54.8 Å². The predicted octanol–water partition coefficient (Wildman–Crippen LogP) is 5.43. The van der Waals surface area contributed by atoms with Crippen LogP contribution in [-0.4, -0.2) is 44.9 Å². The average Bonchev–Trinajstić information content (AvgIpc) is 2.87. The summed E-state index contributed by atoms with van der Waals surface area (Å²) in [4.78, 5) is 23.4. The van der Waals surface area contributed by atoms with Gasteiger partial charge in [0.2, 0.25) is 5.91 Å². The number of amides is 1. The highest BCUT2D eigenvalue weighted by Gasteiger charge is 2.08. The molecule has 0 radical (unpaired) electrons. The summed E-state index contributed by atoms with van der Waals surface area (Å²) in [5.41, 5.74) is 2.71. The first-order valence-electron chi connectivity index (χ1n) is 12.3. The highest BCUT2D eigenvalue weighted by molar-refractivity contribution is 5.90. The second kappa shape index (κ2) is 16.3. The highest BCUT2D eigenvalue weighted by atomic mass is 16.6. The molecule has 7 heteroatoms. The summed E-state index contributed by atoms with van der Waals surface area (Å²) in [6.45, 7) is 8.09. The zero-order valence-electron chi connectivity index (χ0n) is 21.0. The van der Waals surface area contributed by atoms with Gasteiger partial charge in [0.05, 0.1) is 19.8 Å². The summed E-state index contributed by atoms with van der Waals surface area (Å²) in [7, 11) is 0. The standard InChI is InChI=1S/C28H37NO6/c1-4-7-17-33-26-21-23(11-15-28(31)35-20-19-32-6-3)10-14-25(26)34-18-16-22-8-12-24(13-9-22)29-27(30)5-2/h8-15,21H,4-7,16-20H2,1-3H3,(H,29,30)/b15-11-. The van der Waals surface area contributed by atoms with Gasteiger partial charge in [-0.25, -0.2) is 4.79 Å². The number of hydrogen-bond acceptors (Lipinski definition) is 6. The Morgan fingerprint density at radius 1 is 0.886 bits per heavy atom. The number of ether oxygens (including phenoxy) is 4. The number of unbranched alkanes of at least 4 members (excludes halogenated alkanes) is 1. The van der Waals surface area contributed by atoms with Gasteiger partial charge in [-0.2, -0.15) is 0 Å². The van der Waals surface area contributed by atoms with Crippen molar-refractivity contribution in [3.8, 4) is 11.5 Å². The first-order valence-corrected chi connectivity index (χ1v) is 12.3. The van der Waals surface area contributed by atoms with E-state index in [2.05, 4.69) is 12.2 Å². The first-order chi connectivity index (χ1) is 17.0. The van der Waals surface area contributed by atoms with Crippen molar-refractivity contribution in [3.05, 3.63) is 59.7 Å². The Labute approximate surface area is 208 Å². The van der Waals surface area contributed by atoms with Gasteiger partial charge in [0.25, 0.3) is 0 Å². The molecule has 0 bridgehead atoms. The van der Waals surface area contributed by atoms with Crippen molar-refractivity contribution >= 4 is 23.6 Å². The van der Waals surface area contributed by atoms with Crippen LogP contribution in [-0.2, 0) is 25.5 Å². The minimum atomic E-state index is -0.418. The fourth-order valence-electron chi connectivity index (χ4n) is 3.03. The predicted molar refractivity (Wildman–Crippen MR) is 138 cm³/mol. The lowest BCUT2D eigenvalue weighted by molar-refractivity contribution is -0.139. The molecule has 7 nitrogen and oxygen atoms in total. The monoisotopic (exact) mass is 483 g/mol. The molecule has 0 aromatic heterocycles. The van der Waals surface area contributed by atoms with E-state index >= 15 is 0 Å². The smallest absolute Gasteiger partial charge is 0.330 e. The highest BCUT2D eigenvalue weighted by Crippen LogP contribution is 2.29. The number of carbonyl (C=O) groups excluding carboxylic acids is 2. The number of rotatable bonds is 16. The second-order valence-electron chi connectivity index (χ2n) is 7.80. The summed E-state index contributed by atoms with van der Waals surface area (Å²) in [5.74, 6) is 0.875. The molecule has 2 aromatic rings. The van der Waals surface area contributed by atoms with E-state index < -0.39 is 5.97 Å². The molecule has 0 fully saturated rings. The number of benzene rings is 2. The second-order valence-corrected chi connectivity index (χ2v) is 7.80. The molecule has 2 aromatic carbocycles. The Kier molecular flexibility index (Phi) is 13.0. The zero-order chi connectivity index (χ0) is 25.3. The van der Waals surface area contributed by atoms with Gasteiger partial charge in [-0.15, -0.1) is 0 Å². The number of nitrogens with one attached hydrogen (secondary N) is 1. The number of anilines is 1. The lowest BCUT2D eigenvalue weighted by atomic mass is 10.1. The molecule has 2 rings (SSSR count). The maximum Gasteiger partial charge on any atom is 0.330 e. The van der Waals surface area contributed by atoms with Crippen molar-refractivity contribution in [1.82, 2.24) is 0 Å². The third-order valence-corrected chi connectivity index (χ3v) is 5.02. The van der Waals surface area contributed by atoms with Crippen LogP contribution in [0.15, 0.2) is 48.5 Å². The quantitative estimate of drug-likeness (QED) is 0.195. The topological polar surface area (TPSA) is 83.1 Å². The van der Waals surface area contributed by atoms with Crippen LogP contribution < -0.4 is 14.8 Å². The Bertz CT molecular complexity index is 939. The van der Waals surface area contributed by atoms with E-state index in [1.54, 1.807) is 6.08 Å². The molecule has 190 valence electrons. The Hall–Kier alpha value is -3.32. The average molecular weight is 484 g/mol. The van der Waals surface area contributed by atoms with E-state index in [4.69, 9.17) is 18.9 Å². The molecule has 35 heavy (non-hydrogen) atoms. The molecule has 0 saturated heterocycles. The molecule has 1 amide bonds. The Morgan fingerprint density at radius 2 is 1.66 bits per heavy atom. The minimum Gasteiger partial charge on any atom is -0.490 e. The van der Waals surface area contributed by atoms with Crippen LogP contribution in [0, 0.1) is 0 Å². The van der Waals surface area contributed by atoms with Crippen LogP contribution in [0.5, 0.6) is 11.5 Å². The van der Waals surface area contributed by atoms with Gasteiger partial charge in [-0.3, -0.25) is 4.79 Å². The van der Waals surface area contributed by atoms with Crippen LogP contribution in [0.3, 0.4) is 0 Å². The maximum absolute atomic E-state index is 11.9. The van der Waals surface area contributed by atoms with Gasteiger partial charge in [-0.1, -0.05) is 38.5 Å². The van der Waals surface area contributed by atoms with Crippen LogP contribution in [0.4, 0.5) is 5.69 Å². The van der Waals surface area contributed by atoms with Crippen LogP contribution >= 0.6 is 0 Å². The third-order valence-electron chi connectivity index (χ3n) is 5.02.